The molecule has 1 heterocycles. The molecule has 0 saturated carbocycles. The number of carbonyl (C=O) groups excluding carboxylic acids is 2. The second kappa shape index (κ2) is 7.95. The van der Waals surface area contributed by atoms with Crippen LogP contribution in [0.3, 0.4) is 0 Å². The monoisotopic (exact) mass is 367 g/mol. The number of esters is 1. The van der Waals surface area contributed by atoms with Crippen LogP contribution in [0.1, 0.15) is 30.0 Å². The minimum atomic E-state index is -0.968. The van der Waals surface area contributed by atoms with E-state index >= 15 is 0 Å². The zero-order chi connectivity index (χ0) is 19.4. The fraction of sp³-hybridized carbons (Fsp3) is 0.238. The number of benzene rings is 2. The van der Waals surface area contributed by atoms with E-state index in [-0.39, 0.29) is 5.76 Å². The standard InChI is InChI=1S/C21H21NO5/c1-4-25-16-10-11-18-17(12-16)13(2)19(27-18)21(24)26-14(3)20(23)22-15-8-6-5-7-9-15/h5-12,14H,4H2,1-3H3,(H,22,23)/t14-/m1/s1. The second-order valence-corrected chi connectivity index (χ2v) is 6.05. The quantitative estimate of drug-likeness (QED) is 0.656. The van der Waals surface area contributed by atoms with Crippen LogP contribution in [0.25, 0.3) is 11.0 Å². The minimum absolute atomic E-state index is 0.0815. The normalized spacial score (nSPS) is 11.8. The molecule has 0 spiro atoms. The number of furan rings is 1. The van der Waals surface area contributed by atoms with Gasteiger partial charge in [0.05, 0.1) is 6.61 Å². The molecule has 1 atom stereocenters. The number of hydrogen-bond acceptors (Lipinski definition) is 5. The van der Waals surface area contributed by atoms with E-state index in [2.05, 4.69) is 5.32 Å². The van der Waals surface area contributed by atoms with Crippen LogP contribution in [-0.4, -0.2) is 24.6 Å². The zero-order valence-corrected chi connectivity index (χ0v) is 15.4. The smallest absolute Gasteiger partial charge is 0.375 e. The van der Waals surface area contributed by atoms with E-state index in [4.69, 9.17) is 13.9 Å². The van der Waals surface area contributed by atoms with E-state index in [0.717, 1.165) is 5.39 Å². The molecule has 6 nitrogen and oxygen atoms in total. The fourth-order valence-electron chi connectivity index (χ4n) is 2.68. The fourth-order valence-corrected chi connectivity index (χ4v) is 2.68. The molecule has 0 aliphatic carbocycles. The number of para-hydroxylation sites is 1. The van der Waals surface area contributed by atoms with Crippen LogP contribution >= 0.6 is 0 Å². The molecule has 140 valence electrons. The van der Waals surface area contributed by atoms with Crippen LogP contribution in [0.4, 0.5) is 5.69 Å². The van der Waals surface area contributed by atoms with Gasteiger partial charge in [0.15, 0.2) is 6.10 Å². The van der Waals surface area contributed by atoms with Crippen molar-refractivity contribution in [2.45, 2.75) is 26.9 Å². The topological polar surface area (TPSA) is 77.8 Å². The third kappa shape index (κ3) is 4.11. The summed E-state index contributed by atoms with van der Waals surface area (Å²) in [4.78, 5) is 24.7. The molecule has 0 bridgehead atoms. The molecule has 0 fully saturated rings. The van der Waals surface area contributed by atoms with Crippen molar-refractivity contribution < 1.29 is 23.5 Å². The first kappa shape index (κ1) is 18.5. The Morgan fingerprint density at radius 2 is 1.89 bits per heavy atom. The van der Waals surface area contributed by atoms with E-state index in [1.807, 2.05) is 19.1 Å². The molecular formula is C21H21NO5. The van der Waals surface area contributed by atoms with Gasteiger partial charge in [-0.25, -0.2) is 4.79 Å². The Balaban J connectivity index is 1.73. The van der Waals surface area contributed by atoms with Gasteiger partial charge in [0.25, 0.3) is 5.91 Å². The molecule has 6 heteroatoms. The predicted octanol–water partition coefficient (Wildman–Crippen LogP) is 4.32. The van der Waals surface area contributed by atoms with E-state index in [1.54, 1.807) is 43.3 Å². The lowest BCUT2D eigenvalue weighted by Gasteiger charge is -2.12. The highest BCUT2D eigenvalue weighted by molar-refractivity contribution is 5.99. The van der Waals surface area contributed by atoms with Gasteiger partial charge in [-0.05, 0) is 51.1 Å². The average molecular weight is 367 g/mol. The molecule has 3 rings (SSSR count). The molecule has 27 heavy (non-hydrogen) atoms. The first-order chi connectivity index (χ1) is 13.0. The number of rotatable bonds is 6. The highest BCUT2D eigenvalue weighted by Crippen LogP contribution is 2.29. The SMILES string of the molecule is CCOc1ccc2oc(C(=O)O[C@H](C)C(=O)Nc3ccccc3)c(C)c2c1. The number of ether oxygens (including phenoxy) is 2. The zero-order valence-electron chi connectivity index (χ0n) is 15.4. The lowest BCUT2D eigenvalue weighted by molar-refractivity contribution is -0.123. The predicted molar refractivity (Wildman–Crippen MR) is 102 cm³/mol. The Morgan fingerprint density at radius 3 is 2.59 bits per heavy atom. The second-order valence-electron chi connectivity index (χ2n) is 6.05. The lowest BCUT2D eigenvalue weighted by atomic mass is 10.1. The summed E-state index contributed by atoms with van der Waals surface area (Å²) in [5, 5.41) is 3.47. The van der Waals surface area contributed by atoms with Gasteiger partial charge < -0.3 is 19.2 Å². The Labute approximate surface area is 157 Å². The third-order valence-electron chi connectivity index (χ3n) is 4.10. The van der Waals surface area contributed by atoms with Gasteiger partial charge in [0.2, 0.25) is 5.76 Å². The van der Waals surface area contributed by atoms with Crippen LogP contribution in [-0.2, 0) is 9.53 Å². The molecule has 1 N–H and O–H groups in total. The van der Waals surface area contributed by atoms with Crippen LogP contribution in [0.2, 0.25) is 0 Å². The van der Waals surface area contributed by atoms with Gasteiger partial charge in [-0.1, -0.05) is 18.2 Å². The molecule has 1 amide bonds. The lowest BCUT2D eigenvalue weighted by Crippen LogP contribution is -2.30. The molecule has 0 aliphatic rings. The summed E-state index contributed by atoms with van der Waals surface area (Å²) < 4.78 is 16.4. The van der Waals surface area contributed by atoms with Crippen molar-refractivity contribution in [1.29, 1.82) is 0 Å². The summed E-state index contributed by atoms with van der Waals surface area (Å²) in [6, 6.07) is 14.3. The van der Waals surface area contributed by atoms with Gasteiger partial charge in [-0.3, -0.25) is 4.79 Å². The molecule has 0 saturated heterocycles. The molecular weight excluding hydrogens is 346 g/mol. The van der Waals surface area contributed by atoms with Crippen molar-refractivity contribution in [3.05, 3.63) is 59.9 Å². The molecule has 2 aromatic carbocycles. The molecule has 1 aromatic heterocycles. The van der Waals surface area contributed by atoms with E-state index < -0.39 is 18.0 Å². The summed E-state index contributed by atoms with van der Waals surface area (Å²) in [5.74, 6) is -0.318. The number of amides is 1. The van der Waals surface area contributed by atoms with Crippen LogP contribution in [0, 0.1) is 6.92 Å². The highest BCUT2D eigenvalue weighted by atomic mass is 16.6. The van der Waals surface area contributed by atoms with Crippen LogP contribution in [0.5, 0.6) is 5.75 Å². The maximum Gasteiger partial charge on any atom is 0.375 e. The van der Waals surface area contributed by atoms with Gasteiger partial charge in [-0.15, -0.1) is 0 Å². The Hall–Kier alpha value is -3.28. The molecule has 0 aliphatic heterocycles. The Kier molecular flexibility index (Phi) is 5.45. The third-order valence-corrected chi connectivity index (χ3v) is 4.10. The summed E-state index contributed by atoms with van der Waals surface area (Å²) in [5.41, 5.74) is 1.84. The van der Waals surface area contributed by atoms with Crippen molar-refractivity contribution in [1.82, 2.24) is 0 Å². The van der Waals surface area contributed by atoms with Crippen molar-refractivity contribution >= 4 is 28.5 Å². The Morgan fingerprint density at radius 1 is 1.15 bits per heavy atom. The first-order valence-electron chi connectivity index (χ1n) is 8.72. The van der Waals surface area contributed by atoms with Gasteiger partial charge >= 0.3 is 5.97 Å². The number of fused-ring (bicyclic) bond motifs is 1. The molecule has 0 radical (unpaired) electrons. The average Bonchev–Trinajstić information content (AvgIpc) is 2.99. The summed E-state index contributed by atoms with van der Waals surface area (Å²) in [6.45, 7) is 5.73. The maximum atomic E-state index is 12.5. The maximum absolute atomic E-state index is 12.5. The van der Waals surface area contributed by atoms with Crippen molar-refractivity contribution in [3.63, 3.8) is 0 Å². The van der Waals surface area contributed by atoms with Gasteiger partial charge in [0.1, 0.15) is 11.3 Å². The van der Waals surface area contributed by atoms with Crippen molar-refractivity contribution in [2.24, 2.45) is 0 Å². The van der Waals surface area contributed by atoms with Crippen LogP contribution in [0.15, 0.2) is 52.9 Å². The number of nitrogens with one attached hydrogen (secondary N) is 1. The minimum Gasteiger partial charge on any atom is -0.494 e. The van der Waals surface area contributed by atoms with Gasteiger partial charge in [-0.2, -0.15) is 0 Å². The van der Waals surface area contributed by atoms with E-state index in [9.17, 15) is 9.59 Å². The summed E-state index contributed by atoms with van der Waals surface area (Å²) in [6.07, 6.45) is -0.968. The number of anilines is 1. The summed E-state index contributed by atoms with van der Waals surface area (Å²) in [7, 11) is 0. The van der Waals surface area contributed by atoms with Crippen LogP contribution < -0.4 is 10.1 Å². The van der Waals surface area contributed by atoms with E-state index in [1.165, 1.54) is 6.92 Å². The Bertz CT molecular complexity index is 961. The molecule has 3 aromatic rings. The van der Waals surface area contributed by atoms with Gasteiger partial charge in [0, 0.05) is 16.6 Å². The van der Waals surface area contributed by atoms with Crippen molar-refractivity contribution in [2.75, 3.05) is 11.9 Å². The summed E-state index contributed by atoms with van der Waals surface area (Å²) >= 11 is 0. The first-order valence-corrected chi connectivity index (χ1v) is 8.72. The largest absolute Gasteiger partial charge is 0.494 e. The van der Waals surface area contributed by atoms with Crippen molar-refractivity contribution in [3.8, 4) is 5.75 Å². The number of hydrogen-bond donors (Lipinski definition) is 1. The number of aryl methyl sites for hydroxylation is 1. The highest BCUT2D eigenvalue weighted by Gasteiger charge is 2.24. The molecule has 0 unspecified atom stereocenters. The number of carbonyl (C=O) groups is 2. The van der Waals surface area contributed by atoms with E-state index in [0.29, 0.717) is 29.2 Å².